The molecule has 0 spiro atoms. The molecule has 3 aromatic rings. The number of nitrogens with zero attached hydrogens (tertiary/aromatic N) is 1. The Kier molecular flexibility index (Phi) is 4.56. The van der Waals surface area contributed by atoms with Gasteiger partial charge in [-0.1, -0.05) is 12.7 Å². The standard InChI is InChI=1S/C18H18N4O3/c1-2-7-24-12-3-5-15-11(8-12)9-13(25-15)10-21-18(23)14-4-6-16(19)22-17(14)20/h2-6,8-9H,1,7,10H2,(H,21,23)(H4,19,20,22). The molecule has 128 valence electrons. The van der Waals surface area contributed by atoms with Crippen molar-refractivity contribution >= 4 is 28.5 Å². The number of amides is 1. The number of nitrogens with two attached hydrogens (primary N) is 2. The van der Waals surface area contributed by atoms with Crippen LogP contribution < -0.4 is 21.5 Å². The summed E-state index contributed by atoms with van der Waals surface area (Å²) >= 11 is 0. The first-order valence-corrected chi connectivity index (χ1v) is 7.63. The Morgan fingerprint density at radius 3 is 2.88 bits per heavy atom. The van der Waals surface area contributed by atoms with Crippen LogP contribution in [-0.4, -0.2) is 17.5 Å². The summed E-state index contributed by atoms with van der Waals surface area (Å²) in [5, 5.41) is 3.64. The molecular weight excluding hydrogens is 320 g/mol. The fourth-order valence-electron chi connectivity index (χ4n) is 2.35. The summed E-state index contributed by atoms with van der Waals surface area (Å²) in [4.78, 5) is 16.1. The summed E-state index contributed by atoms with van der Waals surface area (Å²) in [6, 6.07) is 10.4. The maximum Gasteiger partial charge on any atom is 0.255 e. The van der Waals surface area contributed by atoms with E-state index in [9.17, 15) is 4.79 Å². The molecule has 0 unspecified atom stereocenters. The number of pyridine rings is 1. The lowest BCUT2D eigenvalue weighted by molar-refractivity contribution is 0.0949. The van der Waals surface area contributed by atoms with Crippen molar-refractivity contribution in [1.82, 2.24) is 10.3 Å². The third-order valence-corrected chi connectivity index (χ3v) is 3.52. The topological polar surface area (TPSA) is 116 Å². The second kappa shape index (κ2) is 6.96. The van der Waals surface area contributed by atoms with Gasteiger partial charge in [0, 0.05) is 5.39 Å². The van der Waals surface area contributed by atoms with Crippen molar-refractivity contribution in [2.45, 2.75) is 6.54 Å². The minimum Gasteiger partial charge on any atom is -0.490 e. The summed E-state index contributed by atoms with van der Waals surface area (Å²) in [5.74, 6) is 1.35. The number of benzene rings is 1. The summed E-state index contributed by atoms with van der Waals surface area (Å²) in [6.07, 6.45) is 1.68. The van der Waals surface area contributed by atoms with Crippen molar-refractivity contribution in [1.29, 1.82) is 0 Å². The van der Waals surface area contributed by atoms with Crippen LogP contribution in [0.4, 0.5) is 11.6 Å². The SMILES string of the molecule is C=CCOc1ccc2oc(CNC(=O)c3ccc(N)nc3N)cc2c1. The molecule has 0 aliphatic carbocycles. The molecule has 0 atom stereocenters. The summed E-state index contributed by atoms with van der Waals surface area (Å²) in [7, 11) is 0. The minimum absolute atomic E-state index is 0.0890. The normalized spacial score (nSPS) is 10.6. The molecule has 0 radical (unpaired) electrons. The van der Waals surface area contributed by atoms with Crippen molar-refractivity contribution < 1.29 is 13.9 Å². The van der Waals surface area contributed by atoms with Crippen molar-refractivity contribution in [3.8, 4) is 5.75 Å². The molecule has 0 aliphatic rings. The fourth-order valence-corrected chi connectivity index (χ4v) is 2.35. The average molecular weight is 338 g/mol. The van der Waals surface area contributed by atoms with E-state index in [-0.39, 0.29) is 29.7 Å². The Morgan fingerprint density at radius 2 is 2.12 bits per heavy atom. The van der Waals surface area contributed by atoms with Gasteiger partial charge in [-0.3, -0.25) is 4.79 Å². The van der Waals surface area contributed by atoms with Gasteiger partial charge in [0.2, 0.25) is 0 Å². The summed E-state index contributed by atoms with van der Waals surface area (Å²) in [6.45, 7) is 4.27. The van der Waals surface area contributed by atoms with Gasteiger partial charge in [0.25, 0.3) is 5.91 Å². The second-order valence-electron chi connectivity index (χ2n) is 5.36. The van der Waals surface area contributed by atoms with Crippen LogP contribution in [0.15, 0.2) is 53.5 Å². The molecule has 2 heterocycles. The van der Waals surface area contributed by atoms with Gasteiger partial charge in [-0.25, -0.2) is 4.98 Å². The molecular formula is C18H18N4O3. The van der Waals surface area contributed by atoms with Gasteiger partial charge < -0.3 is 25.9 Å². The second-order valence-corrected chi connectivity index (χ2v) is 5.36. The van der Waals surface area contributed by atoms with Crippen LogP contribution in [0.1, 0.15) is 16.1 Å². The number of nitrogens with one attached hydrogen (secondary N) is 1. The van der Waals surface area contributed by atoms with Crippen molar-refractivity contribution in [2.24, 2.45) is 0 Å². The molecule has 0 saturated carbocycles. The molecule has 0 fully saturated rings. The van der Waals surface area contributed by atoms with Crippen LogP contribution in [0.25, 0.3) is 11.0 Å². The molecule has 7 heteroatoms. The molecule has 0 bridgehead atoms. The minimum atomic E-state index is -0.347. The average Bonchev–Trinajstić information content (AvgIpc) is 3.00. The summed E-state index contributed by atoms with van der Waals surface area (Å²) < 4.78 is 11.2. The first-order valence-electron chi connectivity index (χ1n) is 7.63. The number of carbonyl (C=O) groups excluding carboxylic acids is 1. The molecule has 1 aromatic carbocycles. The van der Waals surface area contributed by atoms with Crippen LogP contribution in [0.5, 0.6) is 5.75 Å². The third-order valence-electron chi connectivity index (χ3n) is 3.52. The van der Waals surface area contributed by atoms with Crippen LogP contribution in [-0.2, 0) is 6.54 Å². The van der Waals surface area contributed by atoms with Crippen molar-refractivity contribution in [2.75, 3.05) is 18.1 Å². The molecule has 1 amide bonds. The predicted octanol–water partition coefficient (Wildman–Crippen LogP) is 2.49. The number of hydrogen-bond acceptors (Lipinski definition) is 6. The number of aromatic nitrogens is 1. The van der Waals surface area contributed by atoms with E-state index in [1.807, 2.05) is 24.3 Å². The zero-order valence-electron chi connectivity index (χ0n) is 13.5. The zero-order chi connectivity index (χ0) is 17.8. The smallest absolute Gasteiger partial charge is 0.255 e. The number of ether oxygens (including phenoxy) is 1. The molecule has 7 nitrogen and oxygen atoms in total. The lowest BCUT2D eigenvalue weighted by atomic mass is 10.2. The Morgan fingerprint density at radius 1 is 1.28 bits per heavy atom. The monoisotopic (exact) mass is 338 g/mol. The van der Waals surface area contributed by atoms with Gasteiger partial charge in [0.1, 0.15) is 35.3 Å². The van der Waals surface area contributed by atoms with Gasteiger partial charge in [0.05, 0.1) is 12.1 Å². The molecule has 0 aliphatic heterocycles. The number of carbonyl (C=O) groups is 1. The number of fused-ring (bicyclic) bond motifs is 1. The Balaban J connectivity index is 1.70. The third kappa shape index (κ3) is 3.72. The summed E-state index contributed by atoms with van der Waals surface area (Å²) in [5.41, 5.74) is 12.2. The first kappa shape index (κ1) is 16.4. The number of anilines is 2. The maximum absolute atomic E-state index is 12.2. The molecule has 25 heavy (non-hydrogen) atoms. The van der Waals surface area contributed by atoms with E-state index in [1.54, 1.807) is 6.08 Å². The van der Waals surface area contributed by atoms with E-state index >= 15 is 0 Å². The van der Waals surface area contributed by atoms with E-state index in [2.05, 4.69) is 16.9 Å². The highest BCUT2D eigenvalue weighted by molar-refractivity contribution is 5.98. The Labute approximate surface area is 144 Å². The molecule has 2 aromatic heterocycles. The highest BCUT2D eigenvalue weighted by atomic mass is 16.5. The Bertz CT molecular complexity index is 933. The van der Waals surface area contributed by atoms with E-state index in [1.165, 1.54) is 12.1 Å². The van der Waals surface area contributed by atoms with Crippen LogP contribution >= 0.6 is 0 Å². The lowest BCUT2D eigenvalue weighted by Gasteiger charge is -2.06. The highest BCUT2D eigenvalue weighted by Gasteiger charge is 2.12. The highest BCUT2D eigenvalue weighted by Crippen LogP contribution is 2.24. The van der Waals surface area contributed by atoms with Gasteiger partial charge in [-0.05, 0) is 36.4 Å². The quantitative estimate of drug-likeness (QED) is 0.595. The predicted molar refractivity (Wildman–Crippen MR) is 96.1 cm³/mol. The van der Waals surface area contributed by atoms with Gasteiger partial charge >= 0.3 is 0 Å². The van der Waals surface area contributed by atoms with Crippen LogP contribution in [0, 0.1) is 0 Å². The maximum atomic E-state index is 12.2. The number of furan rings is 1. The van der Waals surface area contributed by atoms with E-state index in [0.29, 0.717) is 18.0 Å². The van der Waals surface area contributed by atoms with Crippen LogP contribution in [0.3, 0.4) is 0 Å². The zero-order valence-corrected chi connectivity index (χ0v) is 13.5. The van der Waals surface area contributed by atoms with Gasteiger partial charge in [-0.15, -0.1) is 0 Å². The van der Waals surface area contributed by atoms with E-state index in [4.69, 9.17) is 20.6 Å². The Hall–Kier alpha value is -3.48. The van der Waals surface area contributed by atoms with Crippen LogP contribution in [0.2, 0.25) is 0 Å². The molecule has 5 N–H and O–H groups in total. The first-order chi connectivity index (χ1) is 12.1. The van der Waals surface area contributed by atoms with Gasteiger partial charge in [0.15, 0.2) is 0 Å². The molecule has 0 saturated heterocycles. The largest absolute Gasteiger partial charge is 0.490 e. The lowest BCUT2D eigenvalue weighted by Crippen LogP contribution is -2.24. The number of rotatable bonds is 6. The van der Waals surface area contributed by atoms with Crippen molar-refractivity contribution in [3.05, 3.63) is 60.4 Å². The van der Waals surface area contributed by atoms with E-state index < -0.39 is 0 Å². The van der Waals surface area contributed by atoms with Crippen molar-refractivity contribution in [3.63, 3.8) is 0 Å². The van der Waals surface area contributed by atoms with Gasteiger partial charge in [-0.2, -0.15) is 0 Å². The van der Waals surface area contributed by atoms with E-state index in [0.717, 1.165) is 11.1 Å². The number of hydrogen-bond donors (Lipinski definition) is 3. The molecule has 3 rings (SSSR count). The fraction of sp³-hybridized carbons (Fsp3) is 0.111. The number of nitrogen functional groups attached to an aromatic ring is 2.